The van der Waals surface area contributed by atoms with E-state index in [1.54, 1.807) is 30.3 Å². The Kier molecular flexibility index (Phi) is 5.83. The molecule has 1 aliphatic heterocycles. The summed E-state index contributed by atoms with van der Waals surface area (Å²) in [5.74, 6) is -1.36. The highest BCUT2D eigenvalue weighted by molar-refractivity contribution is 8.18. The van der Waals surface area contributed by atoms with Gasteiger partial charge in [0.2, 0.25) is 0 Å². The molecule has 2 aromatic carbocycles. The van der Waals surface area contributed by atoms with Gasteiger partial charge in [-0.2, -0.15) is 0 Å². The third-order valence-corrected chi connectivity index (χ3v) is 4.99. The molecule has 1 fully saturated rings. The highest BCUT2D eigenvalue weighted by Crippen LogP contribution is 2.34. The Bertz CT molecular complexity index is 943. The standard InChI is InChI=1S/C19H14ClNO5S/c20-14-7-3-1-6-13(14)11-26-15-8-4-2-5-12(15)9-16-18(24)21(10-17(22)23)19(25)27-16/h1-9H,10-11H2,(H,22,23)/b16-9+. The van der Waals surface area contributed by atoms with Crippen molar-refractivity contribution < 1.29 is 24.2 Å². The fraction of sp³-hybridized carbons (Fsp3) is 0.105. The molecule has 1 N–H and O–H groups in total. The SMILES string of the molecule is O=C(O)CN1C(=O)S/C(=C/c2ccccc2OCc2ccccc2Cl)C1=O. The minimum absolute atomic E-state index is 0.148. The van der Waals surface area contributed by atoms with E-state index in [0.29, 0.717) is 33.0 Å². The number of carboxylic acid groups (broad SMARTS) is 1. The highest BCUT2D eigenvalue weighted by atomic mass is 35.5. The molecule has 27 heavy (non-hydrogen) atoms. The third-order valence-electron chi connectivity index (χ3n) is 3.71. The van der Waals surface area contributed by atoms with Crippen molar-refractivity contribution in [3.63, 3.8) is 0 Å². The van der Waals surface area contributed by atoms with Gasteiger partial charge in [-0.1, -0.05) is 48.0 Å². The summed E-state index contributed by atoms with van der Waals surface area (Å²) in [6.45, 7) is -0.419. The molecule has 0 unspecified atom stereocenters. The van der Waals surface area contributed by atoms with Crippen LogP contribution in [0.2, 0.25) is 5.02 Å². The van der Waals surface area contributed by atoms with Crippen molar-refractivity contribution in [2.24, 2.45) is 0 Å². The van der Waals surface area contributed by atoms with Gasteiger partial charge in [0, 0.05) is 16.1 Å². The Labute approximate surface area is 164 Å². The Morgan fingerprint density at radius 1 is 1.15 bits per heavy atom. The maximum absolute atomic E-state index is 12.3. The predicted molar refractivity (Wildman–Crippen MR) is 103 cm³/mol. The summed E-state index contributed by atoms with van der Waals surface area (Å²) >= 11 is 6.83. The number of halogens is 1. The van der Waals surface area contributed by atoms with Gasteiger partial charge in [-0.25, -0.2) is 0 Å². The molecular weight excluding hydrogens is 390 g/mol. The van der Waals surface area contributed by atoms with Crippen molar-refractivity contribution in [3.8, 4) is 5.75 Å². The quantitative estimate of drug-likeness (QED) is 0.733. The van der Waals surface area contributed by atoms with E-state index in [-0.39, 0.29) is 11.5 Å². The molecule has 6 nitrogen and oxygen atoms in total. The summed E-state index contributed by atoms with van der Waals surface area (Å²) in [5.41, 5.74) is 1.42. The molecular formula is C19H14ClNO5S. The second-order valence-electron chi connectivity index (χ2n) is 5.58. The Balaban J connectivity index is 1.81. The Hall–Kier alpha value is -2.77. The molecule has 1 saturated heterocycles. The highest BCUT2D eigenvalue weighted by Gasteiger charge is 2.36. The summed E-state index contributed by atoms with van der Waals surface area (Å²) in [6, 6.07) is 14.3. The molecule has 0 bridgehead atoms. The van der Waals surface area contributed by atoms with Crippen molar-refractivity contribution in [1.82, 2.24) is 4.90 Å². The Morgan fingerprint density at radius 3 is 2.59 bits per heavy atom. The molecule has 0 saturated carbocycles. The summed E-state index contributed by atoms with van der Waals surface area (Å²) in [7, 11) is 0. The summed E-state index contributed by atoms with van der Waals surface area (Å²) in [5, 5.41) is 8.80. The number of thioether (sulfide) groups is 1. The second-order valence-corrected chi connectivity index (χ2v) is 6.98. The number of hydrogen-bond acceptors (Lipinski definition) is 5. The smallest absolute Gasteiger partial charge is 0.323 e. The topological polar surface area (TPSA) is 83.9 Å². The van der Waals surface area contributed by atoms with Gasteiger partial charge in [-0.3, -0.25) is 19.3 Å². The normalized spacial score (nSPS) is 15.4. The number of hydrogen-bond donors (Lipinski definition) is 1. The van der Waals surface area contributed by atoms with Gasteiger partial charge in [-0.15, -0.1) is 0 Å². The van der Waals surface area contributed by atoms with Crippen LogP contribution in [-0.4, -0.2) is 33.7 Å². The number of para-hydroxylation sites is 1. The molecule has 3 rings (SSSR count). The second kappa shape index (κ2) is 8.28. The van der Waals surface area contributed by atoms with Crippen molar-refractivity contribution in [2.75, 3.05) is 6.54 Å². The van der Waals surface area contributed by atoms with Crippen molar-refractivity contribution in [2.45, 2.75) is 6.61 Å². The average Bonchev–Trinajstić information content (AvgIpc) is 2.89. The minimum Gasteiger partial charge on any atom is -0.488 e. The molecule has 0 aromatic heterocycles. The predicted octanol–water partition coefficient (Wildman–Crippen LogP) is 4.04. The van der Waals surface area contributed by atoms with E-state index >= 15 is 0 Å². The first kappa shape index (κ1) is 19.0. The number of ether oxygens (including phenoxy) is 1. The molecule has 2 aromatic rings. The number of carbonyl (C=O) groups excluding carboxylic acids is 2. The van der Waals surface area contributed by atoms with E-state index in [1.165, 1.54) is 6.08 Å². The van der Waals surface area contributed by atoms with Gasteiger partial charge in [0.1, 0.15) is 18.9 Å². The van der Waals surface area contributed by atoms with Crippen LogP contribution in [0.15, 0.2) is 53.4 Å². The molecule has 0 spiro atoms. The molecule has 138 valence electrons. The van der Waals surface area contributed by atoms with E-state index < -0.39 is 23.7 Å². The van der Waals surface area contributed by atoms with Crippen LogP contribution in [0.5, 0.6) is 5.75 Å². The largest absolute Gasteiger partial charge is 0.488 e. The zero-order valence-electron chi connectivity index (χ0n) is 13.9. The Morgan fingerprint density at radius 2 is 1.85 bits per heavy atom. The van der Waals surface area contributed by atoms with Crippen molar-refractivity contribution in [1.29, 1.82) is 0 Å². The summed E-state index contributed by atoms with van der Waals surface area (Å²) < 4.78 is 5.83. The zero-order chi connectivity index (χ0) is 19.4. The molecule has 2 amide bonds. The van der Waals surface area contributed by atoms with Crippen LogP contribution in [0.4, 0.5) is 4.79 Å². The maximum atomic E-state index is 12.3. The molecule has 0 atom stereocenters. The van der Waals surface area contributed by atoms with Gasteiger partial charge in [0.15, 0.2) is 0 Å². The number of benzene rings is 2. The summed E-state index contributed by atoms with van der Waals surface area (Å²) in [4.78, 5) is 35.8. The van der Waals surface area contributed by atoms with E-state index in [0.717, 1.165) is 5.56 Å². The van der Waals surface area contributed by atoms with Crippen LogP contribution in [0.25, 0.3) is 6.08 Å². The molecule has 0 aliphatic carbocycles. The molecule has 8 heteroatoms. The number of aliphatic carboxylic acids is 1. The minimum atomic E-state index is -1.25. The van der Waals surface area contributed by atoms with E-state index in [1.807, 2.05) is 18.2 Å². The van der Waals surface area contributed by atoms with Crippen LogP contribution in [0.1, 0.15) is 11.1 Å². The molecule has 1 heterocycles. The van der Waals surface area contributed by atoms with Crippen LogP contribution >= 0.6 is 23.4 Å². The number of nitrogens with zero attached hydrogens (tertiary/aromatic N) is 1. The van der Waals surface area contributed by atoms with Crippen molar-refractivity contribution >= 4 is 46.6 Å². The van der Waals surface area contributed by atoms with Crippen LogP contribution in [-0.2, 0) is 16.2 Å². The van der Waals surface area contributed by atoms with E-state index in [9.17, 15) is 14.4 Å². The third kappa shape index (κ3) is 4.50. The van der Waals surface area contributed by atoms with Crippen molar-refractivity contribution in [3.05, 3.63) is 69.6 Å². The van der Waals surface area contributed by atoms with Gasteiger partial charge in [-0.05, 0) is 30.0 Å². The lowest BCUT2D eigenvalue weighted by Gasteiger charge is -2.11. The van der Waals surface area contributed by atoms with E-state index in [4.69, 9.17) is 21.4 Å². The first-order chi connectivity index (χ1) is 13.0. The number of carboxylic acids is 1. The maximum Gasteiger partial charge on any atom is 0.323 e. The lowest BCUT2D eigenvalue weighted by Crippen LogP contribution is -2.33. The van der Waals surface area contributed by atoms with Gasteiger partial charge in [0.05, 0.1) is 4.91 Å². The number of imide groups is 1. The average molecular weight is 404 g/mol. The number of amides is 2. The first-order valence-electron chi connectivity index (χ1n) is 7.88. The molecule has 1 aliphatic rings. The van der Waals surface area contributed by atoms with Gasteiger partial charge in [0.25, 0.3) is 11.1 Å². The van der Waals surface area contributed by atoms with Crippen LogP contribution in [0, 0.1) is 0 Å². The van der Waals surface area contributed by atoms with Crippen LogP contribution < -0.4 is 4.74 Å². The fourth-order valence-electron chi connectivity index (χ4n) is 2.41. The lowest BCUT2D eigenvalue weighted by molar-refractivity contribution is -0.140. The lowest BCUT2D eigenvalue weighted by atomic mass is 10.1. The fourth-order valence-corrected chi connectivity index (χ4v) is 3.43. The van der Waals surface area contributed by atoms with Crippen LogP contribution in [0.3, 0.4) is 0 Å². The number of carbonyl (C=O) groups is 3. The first-order valence-corrected chi connectivity index (χ1v) is 9.07. The molecule has 0 radical (unpaired) electrons. The van der Waals surface area contributed by atoms with Gasteiger partial charge >= 0.3 is 5.97 Å². The van der Waals surface area contributed by atoms with Gasteiger partial charge < -0.3 is 9.84 Å². The summed E-state index contributed by atoms with van der Waals surface area (Å²) in [6.07, 6.45) is 1.52. The monoisotopic (exact) mass is 403 g/mol. The zero-order valence-corrected chi connectivity index (χ0v) is 15.5. The number of rotatable bonds is 6. The van der Waals surface area contributed by atoms with E-state index in [2.05, 4.69) is 0 Å².